The zero-order valence-electron chi connectivity index (χ0n) is 9.07. The van der Waals surface area contributed by atoms with Crippen molar-refractivity contribution in [1.29, 1.82) is 0 Å². The molecule has 1 aromatic rings. The fourth-order valence-corrected chi connectivity index (χ4v) is 2.96. The molecule has 4 heteroatoms. The summed E-state index contributed by atoms with van der Waals surface area (Å²) in [5, 5.41) is 3.32. The first-order chi connectivity index (χ1) is 7.33. The summed E-state index contributed by atoms with van der Waals surface area (Å²) in [6.07, 6.45) is 9.02. The van der Waals surface area contributed by atoms with Crippen LogP contribution in [-0.2, 0) is 6.54 Å². The highest BCUT2D eigenvalue weighted by molar-refractivity contribution is 8.00. The molecule has 2 aliphatic rings. The van der Waals surface area contributed by atoms with Gasteiger partial charge < -0.3 is 9.88 Å². The molecule has 1 saturated carbocycles. The standard InChI is InChI=1S/C11H17N3S/c1-15-11(2-3-11)7-14-8-13-6-10(14)9-4-12-5-9/h6,8-9,12H,2-5,7H2,1H3. The van der Waals surface area contributed by atoms with Crippen molar-refractivity contribution in [3.8, 4) is 0 Å². The van der Waals surface area contributed by atoms with Crippen LogP contribution in [0.3, 0.4) is 0 Å². The molecule has 2 fully saturated rings. The van der Waals surface area contributed by atoms with Gasteiger partial charge in [0.05, 0.1) is 6.33 Å². The molecule has 0 amide bonds. The van der Waals surface area contributed by atoms with Crippen molar-refractivity contribution in [3.63, 3.8) is 0 Å². The van der Waals surface area contributed by atoms with Gasteiger partial charge in [0.25, 0.3) is 0 Å². The average Bonchev–Trinajstić information content (AvgIpc) is 2.80. The summed E-state index contributed by atoms with van der Waals surface area (Å²) in [5.74, 6) is 0.699. The number of hydrogen-bond acceptors (Lipinski definition) is 3. The summed E-state index contributed by atoms with van der Waals surface area (Å²) in [6, 6.07) is 0. The van der Waals surface area contributed by atoms with Crippen molar-refractivity contribution >= 4 is 11.8 Å². The van der Waals surface area contributed by atoms with Crippen LogP contribution in [0, 0.1) is 0 Å². The molecule has 0 radical (unpaired) electrons. The molecule has 82 valence electrons. The minimum atomic E-state index is 0.534. The van der Waals surface area contributed by atoms with Gasteiger partial charge in [-0.1, -0.05) is 0 Å². The van der Waals surface area contributed by atoms with Crippen LogP contribution in [0.2, 0.25) is 0 Å². The average molecular weight is 223 g/mol. The van der Waals surface area contributed by atoms with Gasteiger partial charge in [0, 0.05) is 42.2 Å². The van der Waals surface area contributed by atoms with E-state index < -0.39 is 0 Å². The maximum atomic E-state index is 4.30. The van der Waals surface area contributed by atoms with Crippen molar-refractivity contribution in [2.45, 2.75) is 30.1 Å². The Balaban J connectivity index is 1.76. The number of aromatic nitrogens is 2. The molecule has 0 aromatic carbocycles. The largest absolute Gasteiger partial charge is 0.333 e. The molecular formula is C11H17N3S. The quantitative estimate of drug-likeness (QED) is 0.838. The summed E-state index contributed by atoms with van der Waals surface area (Å²) in [7, 11) is 0. The number of imidazole rings is 1. The fraction of sp³-hybridized carbons (Fsp3) is 0.727. The number of nitrogens with one attached hydrogen (secondary N) is 1. The zero-order chi connectivity index (χ0) is 10.3. The van der Waals surface area contributed by atoms with Crippen LogP contribution in [0.15, 0.2) is 12.5 Å². The van der Waals surface area contributed by atoms with E-state index in [0.717, 1.165) is 19.6 Å². The molecule has 0 spiro atoms. The monoisotopic (exact) mass is 223 g/mol. The first-order valence-corrected chi connectivity index (χ1v) is 6.81. The van der Waals surface area contributed by atoms with Gasteiger partial charge in [-0.05, 0) is 19.1 Å². The molecule has 1 aromatic heterocycles. The third-order valence-electron chi connectivity index (χ3n) is 3.64. The number of thioether (sulfide) groups is 1. The van der Waals surface area contributed by atoms with Gasteiger partial charge in [-0.15, -0.1) is 0 Å². The van der Waals surface area contributed by atoms with E-state index in [2.05, 4.69) is 21.1 Å². The Hall–Kier alpha value is -0.480. The predicted octanol–water partition coefficient (Wildman–Crippen LogP) is 1.47. The molecule has 0 unspecified atom stereocenters. The van der Waals surface area contributed by atoms with Crippen LogP contribution >= 0.6 is 11.8 Å². The van der Waals surface area contributed by atoms with Crippen molar-refractivity contribution < 1.29 is 0 Å². The Morgan fingerprint density at radius 1 is 1.60 bits per heavy atom. The fourth-order valence-electron chi connectivity index (χ4n) is 2.18. The highest BCUT2D eigenvalue weighted by Crippen LogP contribution is 2.48. The van der Waals surface area contributed by atoms with Crippen LogP contribution in [0.5, 0.6) is 0 Å². The Labute approximate surface area is 94.7 Å². The lowest BCUT2D eigenvalue weighted by Gasteiger charge is -2.28. The number of hydrogen-bond donors (Lipinski definition) is 1. The first kappa shape index (κ1) is 9.73. The molecule has 2 heterocycles. The van der Waals surface area contributed by atoms with E-state index >= 15 is 0 Å². The summed E-state index contributed by atoms with van der Waals surface area (Å²) in [4.78, 5) is 4.30. The van der Waals surface area contributed by atoms with Crippen LogP contribution < -0.4 is 5.32 Å². The Morgan fingerprint density at radius 2 is 2.40 bits per heavy atom. The predicted molar refractivity (Wildman–Crippen MR) is 63.3 cm³/mol. The lowest BCUT2D eigenvalue weighted by molar-refractivity contribution is 0.422. The van der Waals surface area contributed by atoms with Crippen LogP contribution in [0.4, 0.5) is 0 Å². The summed E-state index contributed by atoms with van der Waals surface area (Å²) in [6.45, 7) is 3.40. The zero-order valence-corrected chi connectivity index (χ0v) is 9.89. The van der Waals surface area contributed by atoms with E-state index in [9.17, 15) is 0 Å². The SMILES string of the molecule is CSC1(Cn2cncc2C2CNC2)CC1. The Bertz CT molecular complexity index is 352. The van der Waals surface area contributed by atoms with E-state index in [-0.39, 0.29) is 0 Å². The number of rotatable bonds is 4. The molecule has 1 N–H and O–H groups in total. The molecule has 1 aliphatic carbocycles. The second kappa shape index (κ2) is 3.52. The molecule has 1 saturated heterocycles. The second-order valence-corrected chi connectivity index (χ2v) is 5.96. The molecule has 0 bridgehead atoms. The third-order valence-corrected chi connectivity index (χ3v) is 5.05. The third kappa shape index (κ3) is 1.70. The summed E-state index contributed by atoms with van der Waals surface area (Å²) >= 11 is 2.02. The molecule has 1 aliphatic heterocycles. The van der Waals surface area contributed by atoms with Gasteiger partial charge in [0.15, 0.2) is 0 Å². The molecule has 15 heavy (non-hydrogen) atoms. The van der Waals surface area contributed by atoms with E-state index in [1.807, 2.05) is 24.3 Å². The lowest BCUT2D eigenvalue weighted by Crippen LogP contribution is -2.41. The molecular weight excluding hydrogens is 206 g/mol. The van der Waals surface area contributed by atoms with Gasteiger partial charge in [0.1, 0.15) is 0 Å². The van der Waals surface area contributed by atoms with Crippen molar-refractivity contribution in [3.05, 3.63) is 18.2 Å². The van der Waals surface area contributed by atoms with Gasteiger partial charge in [0.2, 0.25) is 0 Å². The molecule has 3 rings (SSSR count). The summed E-state index contributed by atoms with van der Waals surface area (Å²) in [5.41, 5.74) is 1.43. The highest BCUT2D eigenvalue weighted by Gasteiger charge is 2.42. The molecule has 0 atom stereocenters. The van der Waals surface area contributed by atoms with Crippen molar-refractivity contribution in [2.75, 3.05) is 19.3 Å². The van der Waals surface area contributed by atoms with E-state index in [1.165, 1.54) is 18.5 Å². The van der Waals surface area contributed by atoms with E-state index in [0.29, 0.717) is 10.7 Å². The Morgan fingerprint density at radius 3 is 2.93 bits per heavy atom. The minimum absolute atomic E-state index is 0.534. The topological polar surface area (TPSA) is 29.9 Å². The maximum Gasteiger partial charge on any atom is 0.0948 e. The van der Waals surface area contributed by atoms with Crippen molar-refractivity contribution in [2.24, 2.45) is 0 Å². The van der Waals surface area contributed by atoms with Crippen LogP contribution in [0.25, 0.3) is 0 Å². The van der Waals surface area contributed by atoms with Gasteiger partial charge in [-0.25, -0.2) is 4.98 Å². The highest BCUT2D eigenvalue weighted by atomic mass is 32.2. The second-order valence-electron chi connectivity index (χ2n) is 4.69. The first-order valence-electron chi connectivity index (χ1n) is 5.59. The maximum absolute atomic E-state index is 4.30. The lowest BCUT2D eigenvalue weighted by atomic mass is 10.00. The van der Waals surface area contributed by atoms with E-state index in [1.54, 1.807) is 0 Å². The number of nitrogens with zero attached hydrogens (tertiary/aromatic N) is 2. The van der Waals surface area contributed by atoms with Gasteiger partial charge in [-0.2, -0.15) is 11.8 Å². The normalized spacial score (nSPS) is 23.8. The Kier molecular flexibility index (Phi) is 2.29. The van der Waals surface area contributed by atoms with Gasteiger partial charge >= 0.3 is 0 Å². The van der Waals surface area contributed by atoms with Crippen LogP contribution in [0.1, 0.15) is 24.5 Å². The molecule has 3 nitrogen and oxygen atoms in total. The van der Waals surface area contributed by atoms with Crippen LogP contribution in [-0.4, -0.2) is 33.6 Å². The van der Waals surface area contributed by atoms with Crippen molar-refractivity contribution in [1.82, 2.24) is 14.9 Å². The van der Waals surface area contributed by atoms with E-state index in [4.69, 9.17) is 0 Å². The summed E-state index contributed by atoms with van der Waals surface area (Å²) < 4.78 is 2.90. The smallest absolute Gasteiger partial charge is 0.0948 e. The van der Waals surface area contributed by atoms with Gasteiger partial charge in [-0.3, -0.25) is 0 Å². The minimum Gasteiger partial charge on any atom is -0.333 e.